The van der Waals surface area contributed by atoms with Crippen LogP contribution in [0.4, 0.5) is 0 Å². The largest absolute Gasteiger partial charge is 0.489 e. The smallest absolute Gasteiger partial charge is 0.328 e. The van der Waals surface area contributed by atoms with Crippen molar-refractivity contribution in [2.45, 2.75) is 6.61 Å². The summed E-state index contributed by atoms with van der Waals surface area (Å²) in [5, 5.41) is 0. The van der Waals surface area contributed by atoms with Gasteiger partial charge >= 0.3 is 5.69 Å². The minimum Gasteiger partial charge on any atom is -0.489 e. The lowest BCUT2D eigenvalue weighted by molar-refractivity contribution is 0.305. The van der Waals surface area contributed by atoms with E-state index in [0.29, 0.717) is 18.2 Å². The molecule has 0 fully saturated rings. The Hall–Kier alpha value is -2.76. The van der Waals surface area contributed by atoms with Gasteiger partial charge in [-0.1, -0.05) is 0 Å². The zero-order chi connectivity index (χ0) is 15.7. The van der Waals surface area contributed by atoms with E-state index in [1.807, 2.05) is 30.3 Å². The number of hydrogen-bond donors (Lipinski definition) is 0. The molecule has 0 bridgehead atoms. The van der Waals surface area contributed by atoms with E-state index >= 15 is 0 Å². The molecule has 0 aliphatic rings. The van der Waals surface area contributed by atoms with Gasteiger partial charge in [-0.3, -0.25) is 9.13 Å². The number of pyridine rings is 1. The number of hydrogen-bond acceptors (Lipinski definition) is 4. The number of benzene rings is 1. The summed E-state index contributed by atoms with van der Waals surface area (Å²) in [5.41, 5.74) is 2.64. The standard InChI is InChI=1S/C16H17N3O3/c1-18-13-5-4-12(9-14(13)19(2)16(18)20)22-10-11-6-7-17-15(8-11)21-3/h4-9H,10H2,1-3H3. The van der Waals surface area contributed by atoms with Crippen molar-refractivity contribution in [2.75, 3.05) is 7.11 Å². The van der Waals surface area contributed by atoms with E-state index in [9.17, 15) is 4.79 Å². The van der Waals surface area contributed by atoms with Gasteiger partial charge in [0.1, 0.15) is 12.4 Å². The zero-order valence-electron chi connectivity index (χ0n) is 12.7. The number of aromatic nitrogens is 3. The Morgan fingerprint density at radius 3 is 2.64 bits per heavy atom. The van der Waals surface area contributed by atoms with Crippen LogP contribution in [0, 0.1) is 0 Å². The number of imidazole rings is 1. The van der Waals surface area contributed by atoms with Crippen molar-refractivity contribution < 1.29 is 9.47 Å². The van der Waals surface area contributed by atoms with E-state index in [0.717, 1.165) is 16.6 Å². The van der Waals surface area contributed by atoms with Crippen LogP contribution in [0.1, 0.15) is 5.56 Å². The fourth-order valence-corrected chi connectivity index (χ4v) is 2.39. The summed E-state index contributed by atoms with van der Waals surface area (Å²) in [6.45, 7) is 0.408. The highest BCUT2D eigenvalue weighted by Gasteiger charge is 2.08. The van der Waals surface area contributed by atoms with Crippen molar-refractivity contribution in [1.29, 1.82) is 0 Å². The SMILES string of the molecule is COc1cc(COc2ccc3c(c2)n(C)c(=O)n3C)ccn1. The minimum atomic E-state index is -0.0500. The van der Waals surface area contributed by atoms with E-state index in [1.165, 1.54) is 0 Å². The molecular weight excluding hydrogens is 282 g/mol. The predicted octanol–water partition coefficient (Wildman–Crippen LogP) is 1.86. The molecule has 0 N–H and O–H groups in total. The van der Waals surface area contributed by atoms with Crippen LogP contribution >= 0.6 is 0 Å². The van der Waals surface area contributed by atoms with Crippen LogP contribution in [0.15, 0.2) is 41.3 Å². The molecular formula is C16H17N3O3. The van der Waals surface area contributed by atoms with E-state index < -0.39 is 0 Å². The molecule has 0 saturated heterocycles. The summed E-state index contributed by atoms with van der Waals surface area (Å²) in [7, 11) is 5.09. The molecule has 0 unspecified atom stereocenters. The molecule has 0 saturated carbocycles. The van der Waals surface area contributed by atoms with E-state index in [-0.39, 0.29) is 5.69 Å². The van der Waals surface area contributed by atoms with Crippen molar-refractivity contribution in [1.82, 2.24) is 14.1 Å². The van der Waals surface area contributed by atoms with Crippen LogP contribution < -0.4 is 15.2 Å². The first-order chi connectivity index (χ1) is 10.6. The number of nitrogens with zero attached hydrogens (tertiary/aromatic N) is 3. The third-order valence-corrected chi connectivity index (χ3v) is 3.66. The highest BCUT2D eigenvalue weighted by atomic mass is 16.5. The number of rotatable bonds is 4. The van der Waals surface area contributed by atoms with E-state index in [1.54, 1.807) is 36.5 Å². The maximum Gasteiger partial charge on any atom is 0.328 e. The zero-order valence-corrected chi connectivity index (χ0v) is 12.7. The predicted molar refractivity (Wildman–Crippen MR) is 83.3 cm³/mol. The molecule has 2 heterocycles. The van der Waals surface area contributed by atoms with Crippen molar-refractivity contribution in [3.05, 3.63) is 52.6 Å². The Labute approximate surface area is 127 Å². The summed E-state index contributed by atoms with van der Waals surface area (Å²) < 4.78 is 14.1. The first kappa shape index (κ1) is 14.2. The van der Waals surface area contributed by atoms with Gasteiger partial charge in [-0.2, -0.15) is 0 Å². The Morgan fingerprint density at radius 2 is 1.86 bits per heavy atom. The van der Waals surface area contributed by atoms with Crippen molar-refractivity contribution >= 4 is 11.0 Å². The second kappa shape index (κ2) is 5.55. The average molecular weight is 299 g/mol. The van der Waals surface area contributed by atoms with Gasteiger partial charge in [-0.25, -0.2) is 9.78 Å². The lowest BCUT2D eigenvalue weighted by Crippen LogP contribution is -2.19. The lowest BCUT2D eigenvalue weighted by atomic mass is 10.2. The van der Waals surface area contributed by atoms with Crippen LogP contribution in [0.3, 0.4) is 0 Å². The van der Waals surface area contributed by atoms with Crippen LogP contribution in [0.25, 0.3) is 11.0 Å². The molecule has 22 heavy (non-hydrogen) atoms. The topological polar surface area (TPSA) is 58.3 Å². The van der Waals surface area contributed by atoms with Crippen LogP contribution in [0.2, 0.25) is 0 Å². The second-order valence-electron chi connectivity index (χ2n) is 5.05. The average Bonchev–Trinajstić information content (AvgIpc) is 2.77. The number of fused-ring (bicyclic) bond motifs is 1. The Morgan fingerprint density at radius 1 is 1.09 bits per heavy atom. The third-order valence-electron chi connectivity index (χ3n) is 3.66. The highest BCUT2D eigenvalue weighted by Crippen LogP contribution is 2.20. The number of ether oxygens (including phenoxy) is 2. The van der Waals surface area contributed by atoms with Crippen LogP contribution in [-0.2, 0) is 20.7 Å². The maximum absolute atomic E-state index is 11.9. The monoisotopic (exact) mass is 299 g/mol. The molecule has 2 aromatic heterocycles. The quantitative estimate of drug-likeness (QED) is 0.738. The molecule has 0 atom stereocenters. The fourth-order valence-electron chi connectivity index (χ4n) is 2.39. The summed E-state index contributed by atoms with van der Waals surface area (Å²) in [4.78, 5) is 16.0. The van der Waals surface area contributed by atoms with Crippen molar-refractivity contribution in [3.63, 3.8) is 0 Å². The van der Waals surface area contributed by atoms with Gasteiger partial charge < -0.3 is 9.47 Å². The maximum atomic E-state index is 11.9. The van der Waals surface area contributed by atoms with E-state index in [2.05, 4.69) is 4.98 Å². The van der Waals surface area contributed by atoms with Crippen LogP contribution in [0.5, 0.6) is 11.6 Å². The molecule has 1 aromatic carbocycles. The van der Waals surface area contributed by atoms with Crippen molar-refractivity contribution in [2.24, 2.45) is 14.1 Å². The molecule has 3 rings (SSSR count). The summed E-state index contributed by atoms with van der Waals surface area (Å²) >= 11 is 0. The Balaban J connectivity index is 1.85. The van der Waals surface area contributed by atoms with Gasteiger partial charge in [-0.15, -0.1) is 0 Å². The Bertz CT molecular complexity index is 880. The van der Waals surface area contributed by atoms with Crippen LogP contribution in [-0.4, -0.2) is 21.2 Å². The second-order valence-corrected chi connectivity index (χ2v) is 5.05. The van der Waals surface area contributed by atoms with Gasteiger partial charge in [0.05, 0.1) is 18.1 Å². The fraction of sp³-hybridized carbons (Fsp3) is 0.250. The first-order valence-electron chi connectivity index (χ1n) is 6.87. The summed E-state index contributed by atoms with van der Waals surface area (Å²) in [5.74, 6) is 1.27. The Kier molecular flexibility index (Phi) is 3.58. The van der Waals surface area contributed by atoms with Gasteiger partial charge in [-0.05, 0) is 23.8 Å². The van der Waals surface area contributed by atoms with Gasteiger partial charge in [0.25, 0.3) is 0 Å². The number of methoxy groups -OCH3 is 1. The third kappa shape index (κ3) is 2.43. The normalized spacial score (nSPS) is 10.9. The molecule has 114 valence electrons. The van der Waals surface area contributed by atoms with Gasteiger partial charge in [0.2, 0.25) is 5.88 Å². The molecule has 0 radical (unpaired) electrons. The van der Waals surface area contributed by atoms with Gasteiger partial charge in [0, 0.05) is 32.4 Å². The van der Waals surface area contributed by atoms with Gasteiger partial charge in [0.15, 0.2) is 0 Å². The lowest BCUT2D eigenvalue weighted by Gasteiger charge is -2.07. The summed E-state index contributed by atoms with van der Waals surface area (Å²) in [6.07, 6.45) is 1.68. The first-order valence-corrected chi connectivity index (χ1v) is 6.87. The van der Waals surface area contributed by atoms with Crippen molar-refractivity contribution in [3.8, 4) is 11.6 Å². The molecule has 3 aromatic rings. The molecule has 6 nitrogen and oxygen atoms in total. The number of aryl methyl sites for hydroxylation is 2. The van der Waals surface area contributed by atoms with E-state index in [4.69, 9.17) is 9.47 Å². The molecule has 6 heteroatoms. The molecule has 0 aliphatic heterocycles. The molecule has 0 aliphatic carbocycles. The molecule has 0 amide bonds. The molecule has 0 spiro atoms. The summed E-state index contributed by atoms with van der Waals surface area (Å²) in [6, 6.07) is 9.32. The highest BCUT2D eigenvalue weighted by molar-refractivity contribution is 5.77. The minimum absolute atomic E-state index is 0.0500.